The van der Waals surface area contributed by atoms with Gasteiger partial charge in [-0.15, -0.1) is 10.2 Å². The molecular formula is C24H28N8. The molecule has 0 aliphatic carbocycles. The second-order valence-electron chi connectivity index (χ2n) is 8.54. The third-order valence-electron chi connectivity index (χ3n) is 5.93. The van der Waals surface area contributed by atoms with Crippen LogP contribution in [0, 0.1) is 13.8 Å². The van der Waals surface area contributed by atoms with Crippen molar-refractivity contribution < 1.29 is 0 Å². The molecule has 0 unspecified atom stereocenters. The molecule has 0 spiro atoms. The standard InChI is InChI=1S/C24H28N8/c1-19-3-7-21(8-4-19)23-15-31(27-25-23)17-29-11-13-30(14-12-29)18-32-16-24(26-28-32)22-9-5-20(2)6-10-22/h3-10,15-16H,11-14,17-18H2,1-2H3. The molecule has 1 aliphatic rings. The summed E-state index contributed by atoms with van der Waals surface area (Å²) >= 11 is 0. The lowest BCUT2D eigenvalue weighted by Crippen LogP contribution is -2.47. The van der Waals surface area contributed by atoms with Crippen molar-refractivity contribution in [2.45, 2.75) is 27.2 Å². The van der Waals surface area contributed by atoms with Crippen molar-refractivity contribution in [3.63, 3.8) is 0 Å². The first-order chi connectivity index (χ1) is 15.6. The molecule has 164 valence electrons. The van der Waals surface area contributed by atoms with Crippen molar-refractivity contribution in [1.82, 2.24) is 39.8 Å². The van der Waals surface area contributed by atoms with Gasteiger partial charge < -0.3 is 0 Å². The van der Waals surface area contributed by atoms with Gasteiger partial charge in [0.2, 0.25) is 0 Å². The summed E-state index contributed by atoms with van der Waals surface area (Å²) < 4.78 is 3.85. The molecule has 0 saturated carbocycles. The summed E-state index contributed by atoms with van der Waals surface area (Å²) in [6.45, 7) is 9.64. The quantitative estimate of drug-likeness (QED) is 0.470. The smallest absolute Gasteiger partial charge is 0.113 e. The number of hydrogen-bond donors (Lipinski definition) is 0. The van der Waals surface area contributed by atoms with Crippen molar-refractivity contribution in [3.05, 3.63) is 72.1 Å². The first kappa shape index (κ1) is 20.5. The van der Waals surface area contributed by atoms with E-state index < -0.39 is 0 Å². The second kappa shape index (κ2) is 9.02. The third-order valence-corrected chi connectivity index (χ3v) is 5.93. The van der Waals surface area contributed by atoms with Crippen molar-refractivity contribution in [1.29, 1.82) is 0 Å². The monoisotopic (exact) mass is 428 g/mol. The fourth-order valence-electron chi connectivity index (χ4n) is 3.93. The zero-order valence-electron chi connectivity index (χ0n) is 18.6. The van der Waals surface area contributed by atoms with Gasteiger partial charge in [-0.1, -0.05) is 70.1 Å². The Balaban J connectivity index is 1.13. The Morgan fingerprint density at radius 1 is 0.594 bits per heavy atom. The van der Waals surface area contributed by atoms with E-state index in [0.717, 1.165) is 62.0 Å². The van der Waals surface area contributed by atoms with Gasteiger partial charge in [0.15, 0.2) is 0 Å². The molecule has 2 aromatic heterocycles. The molecule has 1 aliphatic heterocycles. The summed E-state index contributed by atoms with van der Waals surface area (Å²) in [5, 5.41) is 17.3. The minimum Gasteiger partial charge on any atom is -0.282 e. The molecule has 1 fully saturated rings. The topological polar surface area (TPSA) is 67.9 Å². The van der Waals surface area contributed by atoms with Gasteiger partial charge in [0, 0.05) is 37.3 Å². The Hall–Kier alpha value is -3.36. The van der Waals surface area contributed by atoms with Gasteiger partial charge in [0.1, 0.15) is 11.4 Å². The summed E-state index contributed by atoms with van der Waals surface area (Å²) in [7, 11) is 0. The summed E-state index contributed by atoms with van der Waals surface area (Å²) in [4.78, 5) is 4.81. The first-order valence-corrected chi connectivity index (χ1v) is 11.0. The van der Waals surface area contributed by atoms with Crippen molar-refractivity contribution in [3.8, 4) is 22.5 Å². The van der Waals surface area contributed by atoms with Crippen molar-refractivity contribution >= 4 is 0 Å². The largest absolute Gasteiger partial charge is 0.282 e. The van der Waals surface area contributed by atoms with Crippen LogP contribution in [0.2, 0.25) is 0 Å². The SMILES string of the molecule is Cc1ccc(-c2cn(CN3CCN(Cn4cc(-c5ccc(C)cc5)nn4)CC3)nn2)cc1. The van der Waals surface area contributed by atoms with Crippen LogP contribution in [-0.2, 0) is 13.3 Å². The summed E-state index contributed by atoms with van der Waals surface area (Å²) in [5.41, 5.74) is 6.53. The molecule has 32 heavy (non-hydrogen) atoms. The fourth-order valence-corrected chi connectivity index (χ4v) is 3.93. The lowest BCUT2D eigenvalue weighted by atomic mass is 10.1. The van der Waals surface area contributed by atoms with E-state index in [1.54, 1.807) is 0 Å². The second-order valence-corrected chi connectivity index (χ2v) is 8.54. The highest BCUT2D eigenvalue weighted by atomic mass is 15.5. The molecule has 5 rings (SSSR count). The highest BCUT2D eigenvalue weighted by Gasteiger charge is 2.18. The van der Waals surface area contributed by atoms with Gasteiger partial charge in [-0.05, 0) is 13.8 Å². The first-order valence-electron chi connectivity index (χ1n) is 11.0. The molecule has 2 aromatic carbocycles. The third kappa shape index (κ3) is 4.76. The summed E-state index contributed by atoms with van der Waals surface area (Å²) in [6, 6.07) is 16.8. The van der Waals surface area contributed by atoms with Crippen LogP contribution in [0.1, 0.15) is 11.1 Å². The van der Waals surface area contributed by atoms with Crippen LogP contribution in [0.3, 0.4) is 0 Å². The molecule has 0 amide bonds. The minimum absolute atomic E-state index is 0.758. The highest BCUT2D eigenvalue weighted by molar-refractivity contribution is 5.58. The molecule has 4 aromatic rings. The molecule has 1 saturated heterocycles. The minimum atomic E-state index is 0.758. The maximum Gasteiger partial charge on any atom is 0.113 e. The maximum atomic E-state index is 4.34. The average Bonchev–Trinajstić information content (AvgIpc) is 3.46. The maximum absolute atomic E-state index is 4.34. The zero-order valence-corrected chi connectivity index (χ0v) is 18.6. The Bertz CT molecular complexity index is 1060. The van der Waals surface area contributed by atoms with E-state index in [-0.39, 0.29) is 0 Å². The van der Waals surface area contributed by atoms with Crippen LogP contribution < -0.4 is 0 Å². The molecule has 8 heteroatoms. The Morgan fingerprint density at radius 2 is 0.969 bits per heavy atom. The fraction of sp³-hybridized carbons (Fsp3) is 0.333. The number of rotatable bonds is 6. The van der Waals surface area contributed by atoms with Gasteiger partial charge >= 0.3 is 0 Å². The number of hydrogen-bond acceptors (Lipinski definition) is 6. The highest BCUT2D eigenvalue weighted by Crippen LogP contribution is 2.18. The van der Waals surface area contributed by atoms with E-state index in [9.17, 15) is 0 Å². The van der Waals surface area contributed by atoms with Crippen molar-refractivity contribution in [2.75, 3.05) is 26.2 Å². The van der Waals surface area contributed by atoms with E-state index in [2.05, 4.69) is 92.8 Å². The van der Waals surface area contributed by atoms with Crippen LogP contribution >= 0.6 is 0 Å². The Labute approximate surface area is 188 Å². The van der Waals surface area contributed by atoms with Crippen LogP contribution in [0.5, 0.6) is 0 Å². The van der Waals surface area contributed by atoms with E-state index in [0.29, 0.717) is 0 Å². The molecule has 0 bridgehead atoms. The number of aryl methyl sites for hydroxylation is 2. The Morgan fingerprint density at radius 3 is 1.34 bits per heavy atom. The lowest BCUT2D eigenvalue weighted by molar-refractivity contribution is 0.0794. The van der Waals surface area contributed by atoms with Gasteiger partial charge in [0.25, 0.3) is 0 Å². The molecular weight excluding hydrogens is 400 g/mol. The average molecular weight is 429 g/mol. The van der Waals surface area contributed by atoms with Crippen LogP contribution in [-0.4, -0.2) is 66.0 Å². The van der Waals surface area contributed by atoms with Crippen LogP contribution in [0.15, 0.2) is 60.9 Å². The molecule has 0 N–H and O–H groups in total. The van der Waals surface area contributed by atoms with E-state index in [1.807, 2.05) is 21.8 Å². The van der Waals surface area contributed by atoms with Gasteiger partial charge in [0.05, 0.1) is 25.7 Å². The van der Waals surface area contributed by atoms with Crippen molar-refractivity contribution in [2.24, 2.45) is 0 Å². The summed E-state index contributed by atoms with van der Waals surface area (Å²) in [6.07, 6.45) is 4.05. The van der Waals surface area contributed by atoms with Crippen LogP contribution in [0.4, 0.5) is 0 Å². The van der Waals surface area contributed by atoms with Gasteiger partial charge in [-0.3, -0.25) is 9.80 Å². The number of piperazine rings is 1. The number of aromatic nitrogens is 6. The number of nitrogens with zero attached hydrogens (tertiary/aromatic N) is 8. The molecule has 0 radical (unpaired) electrons. The van der Waals surface area contributed by atoms with E-state index >= 15 is 0 Å². The molecule has 8 nitrogen and oxygen atoms in total. The predicted molar refractivity (Wildman–Crippen MR) is 124 cm³/mol. The normalized spacial score (nSPS) is 15.3. The Kier molecular flexibility index (Phi) is 5.79. The number of benzene rings is 2. The summed E-state index contributed by atoms with van der Waals surface area (Å²) in [5.74, 6) is 0. The molecule has 3 heterocycles. The molecule has 0 atom stereocenters. The van der Waals surface area contributed by atoms with Gasteiger partial charge in [-0.25, -0.2) is 9.36 Å². The van der Waals surface area contributed by atoms with Gasteiger partial charge in [-0.2, -0.15) is 0 Å². The van der Waals surface area contributed by atoms with Crippen LogP contribution in [0.25, 0.3) is 22.5 Å². The van der Waals surface area contributed by atoms with E-state index in [4.69, 9.17) is 0 Å². The lowest BCUT2D eigenvalue weighted by Gasteiger charge is -2.34. The zero-order chi connectivity index (χ0) is 21.9. The van der Waals surface area contributed by atoms with E-state index in [1.165, 1.54) is 11.1 Å². The predicted octanol–water partition coefficient (Wildman–Crippen LogP) is 3.05.